The highest BCUT2D eigenvalue weighted by Crippen LogP contribution is 2.38. The fraction of sp³-hybridized carbons (Fsp3) is 0.583. The van der Waals surface area contributed by atoms with Crippen LogP contribution in [0.5, 0.6) is 0 Å². The lowest BCUT2D eigenvalue weighted by molar-refractivity contribution is -0.126. The summed E-state index contributed by atoms with van der Waals surface area (Å²) < 4.78 is 0. The van der Waals surface area contributed by atoms with E-state index in [1.807, 2.05) is 0 Å². The molecule has 0 spiro atoms. The van der Waals surface area contributed by atoms with Gasteiger partial charge < -0.3 is 16.2 Å². The number of aromatic carboxylic acids is 1. The third kappa shape index (κ3) is 3.30. The number of carboxylic acid groups (broad SMARTS) is 1. The van der Waals surface area contributed by atoms with E-state index in [1.165, 1.54) is 16.7 Å². The maximum Gasteiger partial charge on any atom is 0.355 e. The second kappa shape index (κ2) is 5.26. The molecule has 1 atom stereocenters. The van der Waals surface area contributed by atoms with Crippen LogP contribution in [0.25, 0.3) is 0 Å². The molecule has 1 heterocycles. The van der Waals surface area contributed by atoms with Gasteiger partial charge in [-0.25, -0.2) is 9.78 Å². The molecule has 0 saturated heterocycles. The molecule has 1 aliphatic rings. The van der Waals surface area contributed by atoms with Gasteiger partial charge in [0.15, 0.2) is 5.69 Å². The predicted molar refractivity (Wildman–Crippen MR) is 71.1 cm³/mol. The number of rotatable bonds is 6. The summed E-state index contributed by atoms with van der Waals surface area (Å²) in [4.78, 5) is 26.5. The summed E-state index contributed by atoms with van der Waals surface area (Å²) >= 11 is 1.28. The zero-order chi connectivity index (χ0) is 14.0. The van der Waals surface area contributed by atoms with Crippen molar-refractivity contribution in [2.75, 3.05) is 6.54 Å². The number of aromatic nitrogens is 1. The molecular formula is C12H17N3O3S. The van der Waals surface area contributed by atoms with Crippen LogP contribution in [-0.4, -0.2) is 34.1 Å². The monoisotopic (exact) mass is 283 g/mol. The van der Waals surface area contributed by atoms with E-state index < -0.39 is 11.5 Å². The molecule has 104 valence electrons. The third-order valence-electron chi connectivity index (χ3n) is 3.31. The Balaban J connectivity index is 1.79. The minimum Gasteiger partial charge on any atom is -0.476 e. The highest BCUT2D eigenvalue weighted by atomic mass is 32.1. The van der Waals surface area contributed by atoms with Gasteiger partial charge in [-0.1, -0.05) is 0 Å². The maximum absolute atomic E-state index is 11.9. The van der Waals surface area contributed by atoms with E-state index in [9.17, 15) is 9.59 Å². The Hall–Kier alpha value is -1.47. The molecule has 0 aliphatic heterocycles. The van der Waals surface area contributed by atoms with Gasteiger partial charge in [-0.2, -0.15) is 0 Å². The lowest BCUT2D eigenvalue weighted by atomic mass is 9.96. The molecule has 7 heteroatoms. The van der Waals surface area contributed by atoms with Gasteiger partial charge in [0, 0.05) is 18.3 Å². The highest BCUT2D eigenvalue weighted by molar-refractivity contribution is 7.09. The van der Waals surface area contributed by atoms with Gasteiger partial charge in [-0.15, -0.1) is 11.3 Å². The fourth-order valence-corrected chi connectivity index (χ4v) is 2.64. The Labute approximate surface area is 115 Å². The number of nitrogens with zero attached hydrogens (tertiary/aromatic N) is 1. The molecule has 1 saturated carbocycles. The molecule has 1 aromatic heterocycles. The molecule has 0 bridgehead atoms. The van der Waals surface area contributed by atoms with Crippen LogP contribution in [0.15, 0.2) is 5.38 Å². The minimum absolute atomic E-state index is 0.0490. The van der Waals surface area contributed by atoms with Crippen molar-refractivity contribution in [1.82, 2.24) is 10.3 Å². The first kappa shape index (κ1) is 14.0. The van der Waals surface area contributed by atoms with Crippen molar-refractivity contribution < 1.29 is 14.7 Å². The molecule has 0 aromatic carbocycles. The summed E-state index contributed by atoms with van der Waals surface area (Å²) in [7, 11) is 0. The van der Waals surface area contributed by atoms with Crippen molar-refractivity contribution in [2.24, 2.45) is 11.7 Å². The Kier molecular flexibility index (Phi) is 3.86. The van der Waals surface area contributed by atoms with Gasteiger partial charge in [-0.3, -0.25) is 4.79 Å². The zero-order valence-electron chi connectivity index (χ0n) is 10.7. The van der Waals surface area contributed by atoms with Gasteiger partial charge in [0.1, 0.15) is 0 Å². The average Bonchev–Trinajstić information content (AvgIpc) is 3.10. The Morgan fingerprint density at radius 3 is 2.84 bits per heavy atom. The standard InChI is InChI=1S/C12H17N3O3S/c1-12(13,7-2-3-7)11(18)14-5-4-9-15-8(6-19-9)10(16)17/h6-7H,2-5,13H2,1H3,(H,14,18)(H,16,17). The number of thiazole rings is 1. The van der Waals surface area contributed by atoms with E-state index in [4.69, 9.17) is 10.8 Å². The van der Waals surface area contributed by atoms with E-state index in [2.05, 4.69) is 10.3 Å². The molecule has 1 fully saturated rings. The SMILES string of the molecule is CC(N)(C(=O)NCCc1nc(C(=O)O)cs1)C1CC1. The van der Waals surface area contributed by atoms with Crippen LogP contribution >= 0.6 is 11.3 Å². The van der Waals surface area contributed by atoms with Crippen molar-refractivity contribution in [1.29, 1.82) is 0 Å². The number of hydrogen-bond acceptors (Lipinski definition) is 5. The van der Waals surface area contributed by atoms with Gasteiger partial charge >= 0.3 is 5.97 Å². The Morgan fingerprint density at radius 2 is 2.32 bits per heavy atom. The van der Waals surface area contributed by atoms with Crippen LogP contribution < -0.4 is 11.1 Å². The Bertz CT molecular complexity index is 494. The molecule has 1 unspecified atom stereocenters. The first-order valence-corrected chi connectivity index (χ1v) is 7.04. The van der Waals surface area contributed by atoms with Crippen LogP contribution in [0.4, 0.5) is 0 Å². The molecule has 2 rings (SSSR count). The minimum atomic E-state index is -1.03. The molecule has 0 radical (unpaired) electrons. The van der Waals surface area contributed by atoms with Crippen LogP contribution in [0.1, 0.15) is 35.3 Å². The fourth-order valence-electron chi connectivity index (χ4n) is 1.87. The zero-order valence-corrected chi connectivity index (χ0v) is 11.5. The van der Waals surface area contributed by atoms with Crippen LogP contribution in [0.3, 0.4) is 0 Å². The molecule has 19 heavy (non-hydrogen) atoms. The lowest BCUT2D eigenvalue weighted by Crippen LogP contribution is -2.53. The summed E-state index contributed by atoms with van der Waals surface area (Å²) in [6, 6.07) is 0. The van der Waals surface area contributed by atoms with Crippen molar-refractivity contribution in [2.45, 2.75) is 31.7 Å². The smallest absolute Gasteiger partial charge is 0.355 e. The molecule has 4 N–H and O–H groups in total. The second-order valence-electron chi connectivity index (χ2n) is 4.99. The normalized spacial score (nSPS) is 17.8. The van der Waals surface area contributed by atoms with Crippen LogP contribution in [0.2, 0.25) is 0 Å². The van der Waals surface area contributed by atoms with Crippen molar-refractivity contribution in [3.05, 3.63) is 16.1 Å². The number of nitrogens with one attached hydrogen (secondary N) is 1. The summed E-state index contributed by atoms with van der Waals surface area (Å²) in [5, 5.41) is 13.7. The van der Waals surface area contributed by atoms with E-state index in [0.29, 0.717) is 18.0 Å². The van der Waals surface area contributed by atoms with Crippen LogP contribution in [0, 0.1) is 5.92 Å². The molecule has 1 amide bonds. The van der Waals surface area contributed by atoms with Gasteiger partial charge in [0.05, 0.1) is 10.5 Å². The Morgan fingerprint density at radius 1 is 1.63 bits per heavy atom. The van der Waals surface area contributed by atoms with Crippen molar-refractivity contribution in [3.63, 3.8) is 0 Å². The number of hydrogen-bond donors (Lipinski definition) is 3. The quantitative estimate of drug-likeness (QED) is 0.710. The molecular weight excluding hydrogens is 266 g/mol. The van der Waals surface area contributed by atoms with Crippen LogP contribution in [-0.2, 0) is 11.2 Å². The molecule has 1 aromatic rings. The van der Waals surface area contributed by atoms with Gasteiger partial charge in [0.2, 0.25) is 5.91 Å². The number of carboxylic acids is 1. The maximum atomic E-state index is 11.9. The van der Waals surface area contributed by atoms with Crippen molar-refractivity contribution >= 4 is 23.2 Å². The van der Waals surface area contributed by atoms with E-state index in [1.54, 1.807) is 6.92 Å². The van der Waals surface area contributed by atoms with Crippen molar-refractivity contribution in [3.8, 4) is 0 Å². The summed E-state index contributed by atoms with van der Waals surface area (Å²) in [6.45, 7) is 2.18. The summed E-state index contributed by atoms with van der Waals surface area (Å²) in [6.07, 6.45) is 2.54. The molecule has 1 aliphatic carbocycles. The predicted octanol–water partition coefficient (Wildman–Crippen LogP) is 0.627. The third-order valence-corrected chi connectivity index (χ3v) is 4.22. The first-order chi connectivity index (χ1) is 8.91. The first-order valence-electron chi connectivity index (χ1n) is 6.16. The number of amides is 1. The number of nitrogens with two attached hydrogens (primary N) is 1. The van der Waals surface area contributed by atoms with Gasteiger partial charge in [-0.05, 0) is 25.7 Å². The summed E-state index contributed by atoms with van der Waals surface area (Å²) in [5.41, 5.74) is 5.24. The average molecular weight is 283 g/mol. The second-order valence-corrected chi connectivity index (χ2v) is 5.94. The molecule has 6 nitrogen and oxygen atoms in total. The number of carbonyl (C=O) groups excluding carboxylic acids is 1. The number of carbonyl (C=O) groups is 2. The lowest BCUT2D eigenvalue weighted by Gasteiger charge is -2.22. The van der Waals surface area contributed by atoms with E-state index in [-0.39, 0.29) is 17.5 Å². The topological polar surface area (TPSA) is 105 Å². The summed E-state index contributed by atoms with van der Waals surface area (Å²) in [5.74, 6) is -0.897. The van der Waals surface area contributed by atoms with E-state index in [0.717, 1.165) is 12.8 Å². The highest BCUT2D eigenvalue weighted by Gasteiger charge is 2.43. The van der Waals surface area contributed by atoms with E-state index >= 15 is 0 Å². The van der Waals surface area contributed by atoms with Gasteiger partial charge in [0.25, 0.3) is 0 Å². The largest absolute Gasteiger partial charge is 0.476 e.